The molecular formula is C15H19BrN2O3. The molecule has 5 nitrogen and oxygen atoms in total. The number of carbonyl (C=O) groups excluding carboxylic acids is 2. The molecule has 0 bridgehead atoms. The number of nitrogens with zero attached hydrogens (tertiary/aromatic N) is 1. The molecule has 1 aliphatic heterocycles. The van der Waals surface area contributed by atoms with Gasteiger partial charge in [0.05, 0.1) is 19.6 Å². The first-order valence-electron chi connectivity index (χ1n) is 6.99. The molecule has 0 aromatic heterocycles. The smallest absolute Gasteiger partial charge is 0.307 e. The van der Waals surface area contributed by atoms with Crippen molar-refractivity contribution >= 4 is 33.5 Å². The summed E-state index contributed by atoms with van der Waals surface area (Å²) < 4.78 is 5.61. The highest BCUT2D eigenvalue weighted by Crippen LogP contribution is 2.21. The fourth-order valence-corrected chi connectivity index (χ4v) is 2.64. The lowest BCUT2D eigenvalue weighted by Crippen LogP contribution is -2.44. The van der Waals surface area contributed by atoms with Crippen LogP contribution in [0.5, 0.6) is 0 Å². The fraction of sp³-hybridized carbons (Fsp3) is 0.467. The van der Waals surface area contributed by atoms with Crippen LogP contribution in [0.3, 0.4) is 0 Å². The largest absolute Gasteiger partial charge is 0.469 e. The van der Waals surface area contributed by atoms with E-state index < -0.39 is 0 Å². The summed E-state index contributed by atoms with van der Waals surface area (Å²) in [4.78, 5) is 25.7. The molecule has 0 spiro atoms. The highest BCUT2D eigenvalue weighted by atomic mass is 79.9. The minimum atomic E-state index is -0.315. The van der Waals surface area contributed by atoms with E-state index >= 15 is 0 Å². The Morgan fingerprint density at radius 2 is 2.10 bits per heavy atom. The van der Waals surface area contributed by atoms with Crippen molar-refractivity contribution in [1.82, 2.24) is 5.32 Å². The molecule has 1 fully saturated rings. The SMILES string of the molecule is COC(=O)CCN(C(=O)[C@@H]1CCCN1)c1ccc(Br)cc1. The van der Waals surface area contributed by atoms with E-state index in [1.54, 1.807) is 4.90 Å². The quantitative estimate of drug-likeness (QED) is 0.822. The van der Waals surface area contributed by atoms with Gasteiger partial charge in [0.2, 0.25) is 5.91 Å². The van der Waals surface area contributed by atoms with Crippen LogP contribution in [-0.2, 0) is 14.3 Å². The van der Waals surface area contributed by atoms with Crippen molar-refractivity contribution in [2.24, 2.45) is 0 Å². The Morgan fingerprint density at radius 1 is 1.38 bits per heavy atom. The third-order valence-corrected chi connectivity index (χ3v) is 4.06. The monoisotopic (exact) mass is 354 g/mol. The minimum Gasteiger partial charge on any atom is -0.469 e. The van der Waals surface area contributed by atoms with E-state index in [1.807, 2.05) is 24.3 Å². The average molecular weight is 355 g/mol. The van der Waals surface area contributed by atoms with Crippen molar-refractivity contribution in [3.8, 4) is 0 Å². The van der Waals surface area contributed by atoms with Crippen molar-refractivity contribution in [3.05, 3.63) is 28.7 Å². The van der Waals surface area contributed by atoms with Crippen LogP contribution in [0, 0.1) is 0 Å². The molecular weight excluding hydrogens is 336 g/mol. The number of halogens is 1. The number of hydrogen-bond acceptors (Lipinski definition) is 4. The molecule has 1 saturated heterocycles. The first kappa shape index (κ1) is 16.0. The van der Waals surface area contributed by atoms with Gasteiger partial charge in [0.15, 0.2) is 0 Å². The van der Waals surface area contributed by atoms with Crippen molar-refractivity contribution < 1.29 is 14.3 Å². The second-order valence-electron chi connectivity index (χ2n) is 4.94. The maximum atomic E-state index is 12.6. The van der Waals surface area contributed by atoms with Crippen LogP contribution in [0.2, 0.25) is 0 Å². The van der Waals surface area contributed by atoms with E-state index in [1.165, 1.54) is 7.11 Å². The van der Waals surface area contributed by atoms with Crippen LogP contribution >= 0.6 is 15.9 Å². The van der Waals surface area contributed by atoms with Gasteiger partial charge in [-0.2, -0.15) is 0 Å². The summed E-state index contributed by atoms with van der Waals surface area (Å²) in [6.45, 7) is 1.19. The highest BCUT2D eigenvalue weighted by Gasteiger charge is 2.28. The van der Waals surface area contributed by atoms with Crippen molar-refractivity contribution in [1.29, 1.82) is 0 Å². The van der Waals surface area contributed by atoms with Crippen LogP contribution in [-0.4, -0.2) is 38.1 Å². The van der Waals surface area contributed by atoms with E-state index in [0.717, 1.165) is 29.5 Å². The Labute approximate surface area is 132 Å². The number of carbonyl (C=O) groups is 2. The van der Waals surface area contributed by atoms with Crippen molar-refractivity contribution in [2.45, 2.75) is 25.3 Å². The summed E-state index contributed by atoms with van der Waals surface area (Å²) in [5.74, 6) is -0.303. The predicted molar refractivity (Wildman–Crippen MR) is 84.2 cm³/mol. The van der Waals surface area contributed by atoms with E-state index in [2.05, 4.69) is 26.0 Å². The maximum absolute atomic E-state index is 12.6. The maximum Gasteiger partial charge on any atom is 0.307 e. The molecule has 2 rings (SSSR count). The fourth-order valence-electron chi connectivity index (χ4n) is 2.38. The summed E-state index contributed by atoms with van der Waals surface area (Å²) in [6.07, 6.45) is 2.02. The van der Waals surface area contributed by atoms with Crippen molar-refractivity contribution in [2.75, 3.05) is 25.1 Å². The lowest BCUT2D eigenvalue weighted by Gasteiger charge is -2.25. The number of amides is 1. The van der Waals surface area contributed by atoms with Gasteiger partial charge in [-0.1, -0.05) is 15.9 Å². The normalized spacial score (nSPS) is 17.5. The van der Waals surface area contributed by atoms with Gasteiger partial charge in [-0.25, -0.2) is 0 Å². The van der Waals surface area contributed by atoms with E-state index in [4.69, 9.17) is 0 Å². The minimum absolute atomic E-state index is 0.0127. The topological polar surface area (TPSA) is 58.6 Å². The molecule has 21 heavy (non-hydrogen) atoms. The van der Waals surface area contributed by atoms with Crippen LogP contribution < -0.4 is 10.2 Å². The zero-order valence-electron chi connectivity index (χ0n) is 12.0. The molecule has 1 amide bonds. The van der Waals surface area contributed by atoms with Crippen LogP contribution in [0.15, 0.2) is 28.7 Å². The molecule has 1 heterocycles. The number of esters is 1. The Kier molecular flexibility index (Phi) is 5.76. The zero-order valence-corrected chi connectivity index (χ0v) is 13.6. The number of rotatable bonds is 5. The highest BCUT2D eigenvalue weighted by molar-refractivity contribution is 9.10. The second-order valence-corrected chi connectivity index (χ2v) is 5.86. The van der Waals surface area contributed by atoms with Gasteiger partial charge >= 0.3 is 5.97 Å². The standard InChI is InChI=1S/C15H19BrN2O3/c1-21-14(19)8-10-18(12-6-4-11(16)5-7-12)15(20)13-3-2-9-17-13/h4-7,13,17H,2-3,8-10H2,1H3/t13-/m0/s1. The van der Waals surface area contributed by atoms with Crippen LogP contribution in [0.1, 0.15) is 19.3 Å². The molecule has 0 aliphatic carbocycles. The van der Waals surface area contributed by atoms with E-state index in [9.17, 15) is 9.59 Å². The number of nitrogens with one attached hydrogen (secondary N) is 1. The predicted octanol–water partition coefficient (Wildman–Crippen LogP) is 2.10. The van der Waals surface area contributed by atoms with Crippen LogP contribution in [0.25, 0.3) is 0 Å². The summed E-state index contributed by atoms with van der Waals surface area (Å²) >= 11 is 3.38. The lowest BCUT2D eigenvalue weighted by molar-refractivity contribution is -0.140. The zero-order chi connectivity index (χ0) is 15.2. The third kappa shape index (κ3) is 4.28. The second kappa shape index (κ2) is 7.56. The number of ether oxygens (including phenoxy) is 1. The van der Waals surface area contributed by atoms with Gasteiger partial charge in [-0.15, -0.1) is 0 Å². The summed E-state index contributed by atoms with van der Waals surface area (Å²) in [7, 11) is 1.35. The van der Waals surface area contributed by atoms with Gasteiger partial charge in [0.25, 0.3) is 0 Å². The number of anilines is 1. The average Bonchev–Trinajstić information content (AvgIpc) is 3.03. The van der Waals surface area contributed by atoms with Gasteiger partial charge in [-0.05, 0) is 43.7 Å². The molecule has 1 aromatic rings. The Bertz CT molecular complexity index is 498. The molecule has 1 aromatic carbocycles. The number of methoxy groups -OCH3 is 1. The first-order chi connectivity index (χ1) is 10.1. The molecule has 0 unspecified atom stereocenters. The molecule has 1 atom stereocenters. The molecule has 1 N–H and O–H groups in total. The summed E-state index contributed by atoms with van der Waals surface area (Å²) in [5, 5.41) is 3.20. The molecule has 0 radical (unpaired) electrons. The van der Waals surface area contributed by atoms with Gasteiger partial charge in [-0.3, -0.25) is 9.59 Å². The van der Waals surface area contributed by atoms with E-state index in [0.29, 0.717) is 6.54 Å². The number of hydrogen-bond donors (Lipinski definition) is 1. The third-order valence-electron chi connectivity index (χ3n) is 3.53. The molecule has 1 aliphatic rings. The Balaban J connectivity index is 2.14. The van der Waals surface area contributed by atoms with Crippen LogP contribution in [0.4, 0.5) is 5.69 Å². The molecule has 0 saturated carbocycles. The van der Waals surface area contributed by atoms with Gasteiger partial charge < -0.3 is 15.0 Å². The first-order valence-corrected chi connectivity index (χ1v) is 7.78. The van der Waals surface area contributed by atoms with Crippen molar-refractivity contribution in [3.63, 3.8) is 0 Å². The Morgan fingerprint density at radius 3 is 2.67 bits per heavy atom. The number of benzene rings is 1. The summed E-state index contributed by atoms with van der Waals surface area (Å²) in [6, 6.07) is 7.35. The summed E-state index contributed by atoms with van der Waals surface area (Å²) in [5.41, 5.74) is 0.792. The van der Waals surface area contributed by atoms with E-state index in [-0.39, 0.29) is 24.3 Å². The van der Waals surface area contributed by atoms with Gasteiger partial charge in [0, 0.05) is 16.7 Å². The molecule has 114 valence electrons. The Hall–Kier alpha value is -1.40. The van der Waals surface area contributed by atoms with Gasteiger partial charge in [0.1, 0.15) is 0 Å². The lowest BCUT2D eigenvalue weighted by atomic mass is 10.1. The molecule has 6 heteroatoms.